The highest BCUT2D eigenvalue weighted by molar-refractivity contribution is 9.11. The monoisotopic (exact) mass is 573 g/mol. The van der Waals surface area contributed by atoms with E-state index in [4.69, 9.17) is 4.74 Å². The molecule has 33 heavy (non-hydrogen) atoms. The molecule has 0 saturated heterocycles. The van der Waals surface area contributed by atoms with E-state index >= 15 is 0 Å². The first-order chi connectivity index (χ1) is 15.8. The van der Waals surface area contributed by atoms with E-state index in [9.17, 15) is 19.8 Å². The van der Waals surface area contributed by atoms with E-state index < -0.39 is 18.1 Å². The van der Waals surface area contributed by atoms with E-state index in [1.807, 2.05) is 48.5 Å². The Labute approximate surface area is 207 Å². The van der Waals surface area contributed by atoms with Crippen LogP contribution >= 0.6 is 31.9 Å². The molecule has 1 aliphatic carbocycles. The van der Waals surface area contributed by atoms with Crippen LogP contribution in [0, 0.1) is 6.92 Å². The average molecular weight is 575 g/mol. The van der Waals surface area contributed by atoms with Crippen molar-refractivity contribution in [1.82, 2.24) is 5.32 Å². The van der Waals surface area contributed by atoms with Gasteiger partial charge in [0.05, 0.1) is 4.47 Å². The zero-order valence-corrected chi connectivity index (χ0v) is 20.8. The Morgan fingerprint density at radius 2 is 1.64 bits per heavy atom. The van der Waals surface area contributed by atoms with E-state index in [1.54, 1.807) is 13.0 Å². The molecule has 170 valence electrons. The molecule has 0 saturated carbocycles. The zero-order chi connectivity index (χ0) is 23.7. The van der Waals surface area contributed by atoms with Gasteiger partial charge in [0.2, 0.25) is 0 Å². The predicted octanol–water partition coefficient (Wildman–Crippen LogP) is 5.76. The molecule has 0 aliphatic heterocycles. The number of halogens is 2. The lowest BCUT2D eigenvalue weighted by Crippen LogP contribution is -2.43. The quantitative estimate of drug-likeness (QED) is 0.348. The maximum absolute atomic E-state index is 12.5. The van der Waals surface area contributed by atoms with Crippen LogP contribution in [-0.2, 0) is 16.0 Å². The van der Waals surface area contributed by atoms with E-state index in [2.05, 4.69) is 37.2 Å². The first-order valence-corrected chi connectivity index (χ1v) is 11.9. The Morgan fingerprint density at radius 3 is 2.21 bits per heavy atom. The van der Waals surface area contributed by atoms with Crippen LogP contribution in [0.25, 0.3) is 11.1 Å². The molecule has 0 spiro atoms. The molecule has 4 rings (SSSR count). The summed E-state index contributed by atoms with van der Waals surface area (Å²) < 4.78 is 6.65. The van der Waals surface area contributed by atoms with Gasteiger partial charge in [0.25, 0.3) is 0 Å². The fraction of sp³-hybridized carbons (Fsp3) is 0.200. The van der Waals surface area contributed by atoms with E-state index in [1.165, 1.54) is 0 Å². The molecule has 8 heteroatoms. The number of hydrogen-bond donors (Lipinski definition) is 3. The lowest BCUT2D eigenvalue weighted by molar-refractivity contribution is -0.139. The summed E-state index contributed by atoms with van der Waals surface area (Å²) in [5.41, 5.74) is 5.52. The van der Waals surface area contributed by atoms with Gasteiger partial charge in [0.1, 0.15) is 18.4 Å². The number of fused-ring (bicyclic) bond motifs is 3. The Hall–Kier alpha value is -2.84. The fourth-order valence-electron chi connectivity index (χ4n) is 4.11. The van der Waals surface area contributed by atoms with Crippen molar-refractivity contribution in [1.29, 1.82) is 0 Å². The maximum Gasteiger partial charge on any atom is 0.407 e. The largest absolute Gasteiger partial charge is 0.506 e. The lowest BCUT2D eigenvalue weighted by atomic mass is 9.98. The minimum Gasteiger partial charge on any atom is -0.506 e. The summed E-state index contributed by atoms with van der Waals surface area (Å²) in [7, 11) is 0. The molecule has 1 atom stereocenters. The highest BCUT2D eigenvalue weighted by atomic mass is 79.9. The van der Waals surface area contributed by atoms with Gasteiger partial charge in [-0.15, -0.1) is 0 Å². The van der Waals surface area contributed by atoms with Crippen LogP contribution in [-0.4, -0.2) is 34.9 Å². The van der Waals surface area contributed by atoms with Crippen LogP contribution < -0.4 is 5.32 Å². The third-order valence-electron chi connectivity index (χ3n) is 5.86. The molecule has 3 N–H and O–H groups in total. The van der Waals surface area contributed by atoms with Gasteiger partial charge in [-0.1, -0.05) is 64.5 Å². The molecule has 0 bridgehead atoms. The van der Waals surface area contributed by atoms with Crippen LogP contribution in [0.2, 0.25) is 0 Å². The number of aromatic hydroxyl groups is 1. The van der Waals surface area contributed by atoms with Gasteiger partial charge >= 0.3 is 12.1 Å². The third kappa shape index (κ3) is 4.63. The summed E-state index contributed by atoms with van der Waals surface area (Å²) in [6.45, 7) is 1.89. The number of hydrogen-bond acceptors (Lipinski definition) is 4. The van der Waals surface area contributed by atoms with Crippen LogP contribution in [0.3, 0.4) is 0 Å². The molecular formula is C25H21Br2NO5. The van der Waals surface area contributed by atoms with Gasteiger partial charge in [-0.3, -0.25) is 0 Å². The topological polar surface area (TPSA) is 95.9 Å². The van der Waals surface area contributed by atoms with Crippen molar-refractivity contribution in [3.63, 3.8) is 0 Å². The van der Waals surface area contributed by atoms with Gasteiger partial charge in [-0.05, 0) is 62.3 Å². The van der Waals surface area contributed by atoms with Crippen molar-refractivity contribution in [2.45, 2.75) is 25.3 Å². The van der Waals surface area contributed by atoms with Crippen LogP contribution in [0.1, 0.15) is 28.2 Å². The minimum atomic E-state index is -1.27. The van der Waals surface area contributed by atoms with Gasteiger partial charge in [0.15, 0.2) is 0 Å². The number of amides is 1. The Morgan fingerprint density at radius 1 is 1.06 bits per heavy atom. The van der Waals surface area contributed by atoms with Crippen LogP contribution in [0.5, 0.6) is 5.75 Å². The van der Waals surface area contributed by atoms with Crippen LogP contribution in [0.15, 0.2) is 63.5 Å². The van der Waals surface area contributed by atoms with Crippen molar-refractivity contribution in [3.05, 3.63) is 85.8 Å². The predicted molar refractivity (Wildman–Crippen MR) is 132 cm³/mol. The number of carbonyl (C=O) groups is 2. The Kier molecular flexibility index (Phi) is 6.76. The van der Waals surface area contributed by atoms with Gasteiger partial charge in [-0.25, -0.2) is 9.59 Å². The Bertz CT molecular complexity index is 1200. The van der Waals surface area contributed by atoms with Crippen LogP contribution in [0.4, 0.5) is 4.79 Å². The first kappa shape index (κ1) is 23.3. The zero-order valence-electron chi connectivity index (χ0n) is 17.6. The number of carboxylic acids is 1. The van der Waals surface area contributed by atoms with Gasteiger partial charge in [-0.2, -0.15) is 0 Å². The summed E-state index contributed by atoms with van der Waals surface area (Å²) in [5.74, 6) is -1.41. The molecule has 3 aromatic carbocycles. The minimum absolute atomic E-state index is 0.0590. The molecule has 0 aromatic heterocycles. The summed E-state index contributed by atoms with van der Waals surface area (Å²) in [6, 6.07) is 16.3. The number of nitrogens with one attached hydrogen (secondary N) is 1. The van der Waals surface area contributed by atoms with Gasteiger partial charge < -0.3 is 20.3 Å². The van der Waals surface area contributed by atoms with Crippen molar-refractivity contribution >= 4 is 43.9 Å². The fourth-order valence-corrected chi connectivity index (χ4v) is 5.32. The van der Waals surface area contributed by atoms with Crippen molar-refractivity contribution in [2.24, 2.45) is 0 Å². The van der Waals surface area contributed by atoms with Crippen molar-refractivity contribution in [2.75, 3.05) is 6.61 Å². The molecule has 0 heterocycles. The number of ether oxygens (including phenoxy) is 1. The molecule has 1 aliphatic rings. The number of phenolic OH excluding ortho intramolecular Hbond substituents is 1. The SMILES string of the molecule is Cc1c(Br)cc(CC(NC(=O)OCC2c3ccccc3-c3ccccc32)C(=O)O)c(O)c1Br. The second-order valence-corrected chi connectivity index (χ2v) is 9.52. The lowest BCUT2D eigenvalue weighted by Gasteiger charge is -2.18. The van der Waals surface area contributed by atoms with E-state index in [-0.39, 0.29) is 24.7 Å². The first-order valence-electron chi connectivity index (χ1n) is 10.3. The summed E-state index contributed by atoms with van der Waals surface area (Å²) in [5, 5.41) is 22.4. The molecule has 0 radical (unpaired) electrons. The summed E-state index contributed by atoms with van der Waals surface area (Å²) in [4.78, 5) is 24.3. The highest BCUT2D eigenvalue weighted by Crippen LogP contribution is 2.44. The molecule has 6 nitrogen and oxygen atoms in total. The van der Waals surface area contributed by atoms with E-state index in [0.29, 0.717) is 14.5 Å². The summed E-state index contributed by atoms with van der Waals surface area (Å²) in [6.07, 6.45) is -0.933. The molecule has 0 fully saturated rings. The average Bonchev–Trinajstić information content (AvgIpc) is 3.13. The molecular weight excluding hydrogens is 554 g/mol. The molecule has 1 unspecified atom stereocenters. The van der Waals surface area contributed by atoms with Crippen molar-refractivity contribution < 1.29 is 24.5 Å². The number of carbonyl (C=O) groups excluding carboxylic acids is 1. The number of benzene rings is 3. The molecule has 1 amide bonds. The summed E-state index contributed by atoms with van der Waals surface area (Å²) >= 11 is 6.71. The number of aliphatic carboxylic acids is 1. The number of rotatable bonds is 6. The van der Waals surface area contributed by atoms with Crippen molar-refractivity contribution in [3.8, 4) is 16.9 Å². The smallest absolute Gasteiger partial charge is 0.407 e. The highest BCUT2D eigenvalue weighted by Gasteiger charge is 2.30. The normalized spacial score (nSPS) is 13.2. The number of alkyl carbamates (subject to hydrolysis) is 1. The second-order valence-electron chi connectivity index (χ2n) is 7.87. The number of carboxylic acid groups (broad SMARTS) is 1. The third-order valence-corrected chi connectivity index (χ3v) is 7.65. The second kappa shape index (κ2) is 9.57. The standard InChI is InChI=1S/C25H21Br2NO5/c1-13-20(26)10-14(23(29)22(13)27)11-21(24(30)31)28-25(32)33-12-19-17-8-4-2-6-15(17)16-7-3-5-9-18(16)19/h2-10,19,21,29H,11-12H2,1H3,(H,28,32)(H,30,31). The van der Waals surface area contributed by atoms with Gasteiger partial charge in [0, 0.05) is 16.8 Å². The molecule has 3 aromatic rings. The number of phenols is 1. The maximum atomic E-state index is 12.5. The van der Waals surface area contributed by atoms with E-state index in [0.717, 1.165) is 27.8 Å². The Balaban J connectivity index is 1.46.